The van der Waals surface area contributed by atoms with Crippen LogP contribution in [0.1, 0.15) is 29.5 Å². The molecule has 4 heteroatoms. The van der Waals surface area contributed by atoms with Crippen molar-refractivity contribution in [3.63, 3.8) is 0 Å². The summed E-state index contributed by atoms with van der Waals surface area (Å²) >= 11 is 0. The number of ether oxygens (including phenoxy) is 1. The molecule has 0 unspecified atom stereocenters. The minimum Gasteiger partial charge on any atom is -0.507 e. The Morgan fingerprint density at radius 2 is 2.06 bits per heavy atom. The van der Waals surface area contributed by atoms with Gasteiger partial charge in [-0.05, 0) is 43.9 Å². The van der Waals surface area contributed by atoms with Crippen LogP contribution < -0.4 is 4.74 Å². The molecule has 0 aromatic heterocycles. The van der Waals surface area contributed by atoms with Crippen LogP contribution >= 0.6 is 0 Å². The summed E-state index contributed by atoms with van der Waals surface area (Å²) < 4.78 is 5.27. The van der Waals surface area contributed by atoms with Gasteiger partial charge in [0.15, 0.2) is 0 Å². The van der Waals surface area contributed by atoms with Gasteiger partial charge in [0.1, 0.15) is 17.0 Å². The van der Waals surface area contributed by atoms with Crippen molar-refractivity contribution in [2.45, 2.75) is 32.2 Å². The lowest BCUT2D eigenvalue weighted by Gasteiger charge is -2.17. The topological polar surface area (TPSA) is 58.9 Å². The second-order valence-corrected chi connectivity index (χ2v) is 4.46. The second-order valence-electron chi connectivity index (χ2n) is 4.46. The summed E-state index contributed by atoms with van der Waals surface area (Å²) in [4.78, 5) is 14.3. The summed E-state index contributed by atoms with van der Waals surface area (Å²) in [7, 11) is 1.59. The smallest absolute Gasteiger partial charge is 0.235 e. The Kier molecular flexibility index (Phi) is 2.68. The third kappa shape index (κ3) is 1.71. The van der Waals surface area contributed by atoms with E-state index < -0.39 is 5.54 Å². The fourth-order valence-electron chi connectivity index (χ4n) is 2.09. The molecular formula is C13H15NO3. The standard InChI is InChI=1S/C13H15NO3/c1-8-9(2)12(16)10(6-11(8)17-3)13(4-5-13)14-7-15/h6,16H,4-5H2,1-3H3. The molecule has 90 valence electrons. The normalized spacial score (nSPS) is 16.2. The van der Waals surface area contributed by atoms with E-state index in [1.165, 1.54) is 0 Å². The summed E-state index contributed by atoms with van der Waals surface area (Å²) in [6.45, 7) is 3.72. The lowest BCUT2D eigenvalue weighted by molar-refractivity contribution is 0.404. The molecule has 4 nitrogen and oxygen atoms in total. The highest BCUT2D eigenvalue weighted by atomic mass is 16.5. The fourth-order valence-corrected chi connectivity index (χ4v) is 2.09. The first kappa shape index (κ1) is 11.7. The largest absolute Gasteiger partial charge is 0.507 e. The number of aliphatic imine (C=N–C) groups is 1. The van der Waals surface area contributed by atoms with E-state index >= 15 is 0 Å². The minimum atomic E-state index is -0.572. The third-order valence-corrected chi connectivity index (χ3v) is 3.52. The number of methoxy groups -OCH3 is 1. The number of carbonyl (C=O) groups excluding carboxylic acids is 1. The fraction of sp³-hybridized carbons (Fsp3) is 0.462. The summed E-state index contributed by atoms with van der Waals surface area (Å²) in [5.41, 5.74) is 1.77. The van der Waals surface area contributed by atoms with Gasteiger partial charge in [0.2, 0.25) is 6.08 Å². The van der Waals surface area contributed by atoms with Crippen molar-refractivity contribution in [3.05, 3.63) is 22.8 Å². The Hall–Kier alpha value is -1.80. The quantitative estimate of drug-likeness (QED) is 0.644. The van der Waals surface area contributed by atoms with Crippen LogP contribution in [0.4, 0.5) is 0 Å². The molecule has 1 aromatic carbocycles. The van der Waals surface area contributed by atoms with Gasteiger partial charge >= 0.3 is 0 Å². The minimum absolute atomic E-state index is 0.208. The van der Waals surface area contributed by atoms with Gasteiger partial charge in [0, 0.05) is 5.56 Å². The molecule has 0 saturated heterocycles. The van der Waals surface area contributed by atoms with E-state index in [-0.39, 0.29) is 5.75 Å². The number of phenolic OH excluding ortho intramolecular Hbond substituents is 1. The molecular weight excluding hydrogens is 218 g/mol. The Labute approximate surface area is 99.9 Å². The third-order valence-electron chi connectivity index (χ3n) is 3.52. The Morgan fingerprint density at radius 3 is 2.53 bits per heavy atom. The summed E-state index contributed by atoms with van der Waals surface area (Å²) in [5, 5.41) is 10.2. The maximum Gasteiger partial charge on any atom is 0.235 e. The number of hydrogen-bond donors (Lipinski definition) is 1. The van der Waals surface area contributed by atoms with Crippen molar-refractivity contribution < 1.29 is 14.6 Å². The van der Waals surface area contributed by atoms with Crippen molar-refractivity contribution in [2.24, 2.45) is 4.99 Å². The molecule has 1 aliphatic rings. The molecule has 0 amide bonds. The number of aromatic hydroxyl groups is 1. The number of nitrogens with zero attached hydrogens (tertiary/aromatic N) is 1. The molecule has 0 heterocycles. The molecule has 17 heavy (non-hydrogen) atoms. The Morgan fingerprint density at radius 1 is 1.41 bits per heavy atom. The van der Waals surface area contributed by atoms with Crippen molar-refractivity contribution in [3.8, 4) is 11.5 Å². The molecule has 1 fully saturated rings. The number of hydrogen-bond acceptors (Lipinski definition) is 4. The van der Waals surface area contributed by atoms with Crippen LogP contribution in [0.15, 0.2) is 11.1 Å². The van der Waals surface area contributed by atoms with Crippen LogP contribution in [0.3, 0.4) is 0 Å². The summed E-state index contributed by atoms with van der Waals surface area (Å²) in [5.74, 6) is 0.919. The average molecular weight is 233 g/mol. The number of rotatable bonds is 3. The summed E-state index contributed by atoms with van der Waals surface area (Å²) in [6, 6.07) is 1.77. The zero-order valence-electron chi connectivity index (χ0n) is 10.2. The van der Waals surface area contributed by atoms with E-state index in [4.69, 9.17) is 4.74 Å². The maximum absolute atomic E-state index is 10.4. The molecule has 1 aromatic rings. The highest BCUT2D eigenvalue weighted by Gasteiger charge is 2.47. The zero-order valence-corrected chi connectivity index (χ0v) is 10.2. The monoisotopic (exact) mass is 233 g/mol. The van der Waals surface area contributed by atoms with Crippen molar-refractivity contribution in [1.82, 2.24) is 0 Å². The van der Waals surface area contributed by atoms with Gasteiger partial charge in [-0.15, -0.1) is 0 Å². The van der Waals surface area contributed by atoms with Crippen LogP contribution in [-0.2, 0) is 10.3 Å². The van der Waals surface area contributed by atoms with Crippen LogP contribution in [0, 0.1) is 13.8 Å². The first-order valence-corrected chi connectivity index (χ1v) is 5.52. The Balaban J connectivity index is 2.63. The molecule has 0 spiro atoms. The Bertz CT molecular complexity index is 512. The van der Waals surface area contributed by atoms with E-state index in [1.54, 1.807) is 19.3 Å². The molecule has 1 aliphatic carbocycles. The van der Waals surface area contributed by atoms with Crippen LogP contribution in [0.2, 0.25) is 0 Å². The maximum atomic E-state index is 10.4. The molecule has 0 bridgehead atoms. The molecule has 1 N–H and O–H groups in total. The SMILES string of the molecule is COc1cc(C2(N=C=O)CC2)c(O)c(C)c1C. The highest BCUT2D eigenvalue weighted by Crippen LogP contribution is 2.54. The molecule has 0 aliphatic heterocycles. The van der Waals surface area contributed by atoms with E-state index in [1.807, 2.05) is 13.8 Å². The van der Waals surface area contributed by atoms with Gasteiger partial charge < -0.3 is 9.84 Å². The van der Waals surface area contributed by atoms with Crippen LogP contribution in [0.25, 0.3) is 0 Å². The first-order chi connectivity index (χ1) is 8.05. The van der Waals surface area contributed by atoms with Crippen molar-refractivity contribution >= 4 is 6.08 Å². The first-order valence-electron chi connectivity index (χ1n) is 5.52. The molecule has 1 saturated carbocycles. The van der Waals surface area contributed by atoms with Gasteiger partial charge in [-0.1, -0.05) is 0 Å². The average Bonchev–Trinajstić information content (AvgIpc) is 3.08. The zero-order chi connectivity index (χ0) is 12.6. The van der Waals surface area contributed by atoms with Gasteiger partial charge in [-0.3, -0.25) is 0 Å². The van der Waals surface area contributed by atoms with Crippen LogP contribution in [0.5, 0.6) is 11.5 Å². The van der Waals surface area contributed by atoms with Gasteiger partial charge in [0.25, 0.3) is 0 Å². The number of benzene rings is 1. The number of isocyanates is 1. The van der Waals surface area contributed by atoms with Crippen molar-refractivity contribution in [1.29, 1.82) is 0 Å². The molecule has 0 atom stereocenters. The summed E-state index contributed by atoms with van der Waals surface area (Å²) in [6.07, 6.45) is 3.12. The van der Waals surface area contributed by atoms with Gasteiger partial charge in [0.05, 0.1) is 7.11 Å². The second kappa shape index (κ2) is 3.90. The van der Waals surface area contributed by atoms with E-state index in [0.29, 0.717) is 11.3 Å². The van der Waals surface area contributed by atoms with E-state index in [2.05, 4.69) is 4.99 Å². The lowest BCUT2D eigenvalue weighted by atomic mass is 9.97. The molecule has 0 radical (unpaired) electrons. The van der Waals surface area contributed by atoms with E-state index in [9.17, 15) is 9.90 Å². The molecule has 2 rings (SSSR count). The van der Waals surface area contributed by atoms with E-state index in [0.717, 1.165) is 24.0 Å². The van der Waals surface area contributed by atoms with Crippen LogP contribution in [-0.4, -0.2) is 18.3 Å². The number of phenols is 1. The lowest BCUT2D eigenvalue weighted by Crippen LogP contribution is -2.05. The van der Waals surface area contributed by atoms with Crippen molar-refractivity contribution in [2.75, 3.05) is 7.11 Å². The predicted octanol–water partition coefficient (Wildman–Crippen LogP) is 2.34. The highest BCUT2D eigenvalue weighted by molar-refractivity contribution is 5.57. The van der Waals surface area contributed by atoms with Gasteiger partial charge in [-0.25, -0.2) is 4.79 Å². The predicted molar refractivity (Wildman–Crippen MR) is 63.2 cm³/mol. The van der Waals surface area contributed by atoms with Gasteiger partial charge in [-0.2, -0.15) is 4.99 Å².